The Bertz CT molecular complexity index is 1030. The van der Waals surface area contributed by atoms with Crippen molar-refractivity contribution >= 4 is 17.6 Å². The van der Waals surface area contributed by atoms with E-state index in [4.69, 9.17) is 4.74 Å². The fourth-order valence-electron chi connectivity index (χ4n) is 4.76. The van der Waals surface area contributed by atoms with E-state index < -0.39 is 0 Å². The van der Waals surface area contributed by atoms with Crippen LogP contribution < -0.4 is 4.90 Å². The van der Waals surface area contributed by atoms with Crippen LogP contribution >= 0.6 is 0 Å². The molecule has 2 aromatic rings. The SMILES string of the molecule is Cc1ccc(-c2ccc(N3CCN(C(=O)CN(CCN4CCOCC4)C(=O)C4CC4)CC3)nn2)cc1. The minimum atomic E-state index is 0.0337. The van der Waals surface area contributed by atoms with Crippen molar-refractivity contribution < 1.29 is 14.3 Å². The maximum Gasteiger partial charge on any atom is 0.242 e. The van der Waals surface area contributed by atoms with Gasteiger partial charge in [-0.05, 0) is 31.9 Å². The Kier molecular flexibility index (Phi) is 7.77. The summed E-state index contributed by atoms with van der Waals surface area (Å²) in [6, 6.07) is 12.3. The minimum Gasteiger partial charge on any atom is -0.379 e. The number of carbonyl (C=O) groups excluding carboxylic acids is 2. The van der Waals surface area contributed by atoms with E-state index in [0.29, 0.717) is 32.7 Å². The van der Waals surface area contributed by atoms with Crippen LogP contribution in [0.2, 0.25) is 0 Å². The summed E-state index contributed by atoms with van der Waals surface area (Å²) >= 11 is 0. The van der Waals surface area contributed by atoms with Crippen molar-refractivity contribution in [2.24, 2.45) is 5.92 Å². The van der Waals surface area contributed by atoms with Crippen LogP contribution in [0.5, 0.6) is 0 Å². The van der Waals surface area contributed by atoms with Crippen molar-refractivity contribution in [3.63, 3.8) is 0 Å². The van der Waals surface area contributed by atoms with Crippen molar-refractivity contribution in [1.29, 1.82) is 0 Å². The Labute approximate surface area is 213 Å². The maximum absolute atomic E-state index is 13.1. The van der Waals surface area contributed by atoms with E-state index >= 15 is 0 Å². The third-order valence-electron chi connectivity index (χ3n) is 7.31. The number of carbonyl (C=O) groups is 2. The average Bonchev–Trinajstić information content (AvgIpc) is 3.78. The van der Waals surface area contributed by atoms with Gasteiger partial charge in [-0.2, -0.15) is 0 Å². The molecule has 2 saturated heterocycles. The standard InChI is InChI=1S/C27H36N6O3/c1-21-2-4-22(5-3-21)24-8-9-25(29-28-24)31-12-14-32(15-13-31)26(34)20-33(27(35)23-6-7-23)11-10-30-16-18-36-19-17-30/h2-5,8-9,23H,6-7,10-20H2,1H3. The van der Waals surface area contributed by atoms with Gasteiger partial charge in [-0.15, -0.1) is 10.2 Å². The fourth-order valence-corrected chi connectivity index (χ4v) is 4.76. The molecule has 5 rings (SSSR count). The van der Waals surface area contributed by atoms with Crippen LogP contribution in [-0.2, 0) is 14.3 Å². The molecule has 3 aliphatic rings. The second-order valence-corrected chi connectivity index (χ2v) is 10.00. The van der Waals surface area contributed by atoms with E-state index in [1.54, 1.807) is 4.90 Å². The largest absolute Gasteiger partial charge is 0.379 e. The molecule has 1 aromatic heterocycles. The monoisotopic (exact) mass is 492 g/mol. The number of anilines is 1. The molecule has 2 aliphatic heterocycles. The van der Waals surface area contributed by atoms with Crippen LogP contribution in [0.1, 0.15) is 18.4 Å². The Morgan fingerprint density at radius 2 is 1.67 bits per heavy atom. The smallest absolute Gasteiger partial charge is 0.242 e. The molecule has 0 N–H and O–H groups in total. The quantitative estimate of drug-likeness (QED) is 0.555. The summed E-state index contributed by atoms with van der Waals surface area (Å²) in [5, 5.41) is 8.86. The predicted octanol–water partition coefficient (Wildman–Crippen LogP) is 1.67. The molecule has 9 heteroatoms. The highest BCUT2D eigenvalue weighted by Gasteiger charge is 2.35. The molecule has 0 atom stereocenters. The minimum absolute atomic E-state index is 0.0337. The van der Waals surface area contributed by atoms with E-state index in [0.717, 1.165) is 62.8 Å². The first kappa shape index (κ1) is 24.6. The second-order valence-electron chi connectivity index (χ2n) is 10.00. The summed E-state index contributed by atoms with van der Waals surface area (Å²) in [5.74, 6) is 1.11. The lowest BCUT2D eigenvalue weighted by Gasteiger charge is -2.36. The van der Waals surface area contributed by atoms with Crippen LogP contribution in [-0.4, -0.2) is 109 Å². The number of hydrogen-bond donors (Lipinski definition) is 0. The fraction of sp³-hybridized carbons (Fsp3) is 0.556. The molecule has 3 heterocycles. The van der Waals surface area contributed by atoms with Gasteiger partial charge in [0.05, 0.1) is 25.5 Å². The molecule has 1 saturated carbocycles. The number of piperazine rings is 1. The summed E-state index contributed by atoms with van der Waals surface area (Å²) in [5.41, 5.74) is 3.12. The maximum atomic E-state index is 13.1. The molecule has 2 amide bonds. The number of ether oxygens (including phenoxy) is 1. The number of aromatic nitrogens is 2. The molecule has 1 aliphatic carbocycles. The van der Waals surface area contributed by atoms with Gasteiger partial charge in [0.2, 0.25) is 11.8 Å². The third kappa shape index (κ3) is 6.20. The second kappa shape index (κ2) is 11.3. The van der Waals surface area contributed by atoms with Gasteiger partial charge in [0.1, 0.15) is 0 Å². The van der Waals surface area contributed by atoms with Gasteiger partial charge in [0.15, 0.2) is 5.82 Å². The van der Waals surface area contributed by atoms with Crippen molar-refractivity contribution in [3.8, 4) is 11.3 Å². The molecule has 0 bridgehead atoms. The van der Waals surface area contributed by atoms with E-state index in [9.17, 15) is 9.59 Å². The Balaban J connectivity index is 1.13. The van der Waals surface area contributed by atoms with Gasteiger partial charge >= 0.3 is 0 Å². The zero-order valence-corrected chi connectivity index (χ0v) is 21.1. The summed E-state index contributed by atoms with van der Waals surface area (Å²) in [7, 11) is 0. The van der Waals surface area contributed by atoms with Crippen LogP contribution in [0.25, 0.3) is 11.3 Å². The lowest BCUT2D eigenvalue weighted by Crippen LogP contribution is -2.53. The first-order valence-corrected chi connectivity index (χ1v) is 13.1. The Morgan fingerprint density at radius 3 is 2.31 bits per heavy atom. The third-order valence-corrected chi connectivity index (χ3v) is 7.31. The highest BCUT2D eigenvalue weighted by atomic mass is 16.5. The van der Waals surface area contributed by atoms with Crippen LogP contribution in [0.15, 0.2) is 36.4 Å². The van der Waals surface area contributed by atoms with Gasteiger partial charge in [-0.3, -0.25) is 14.5 Å². The summed E-state index contributed by atoms with van der Waals surface area (Å²) in [4.78, 5) is 34.1. The van der Waals surface area contributed by atoms with Gasteiger partial charge in [-0.25, -0.2) is 0 Å². The molecule has 0 radical (unpaired) electrons. The van der Waals surface area contributed by atoms with Crippen LogP contribution in [0, 0.1) is 12.8 Å². The Hall–Kier alpha value is -3.04. The molecule has 0 spiro atoms. The number of hydrogen-bond acceptors (Lipinski definition) is 7. The number of amides is 2. The topological polar surface area (TPSA) is 82.1 Å². The van der Waals surface area contributed by atoms with Crippen molar-refractivity contribution in [2.45, 2.75) is 19.8 Å². The molecule has 3 fully saturated rings. The summed E-state index contributed by atoms with van der Waals surface area (Å²) in [6.45, 7) is 9.52. The first-order valence-electron chi connectivity index (χ1n) is 13.1. The molecule has 36 heavy (non-hydrogen) atoms. The van der Waals surface area contributed by atoms with Crippen LogP contribution in [0.4, 0.5) is 5.82 Å². The molecule has 1 aromatic carbocycles. The normalized spacial score (nSPS) is 18.8. The number of benzene rings is 1. The summed E-state index contributed by atoms with van der Waals surface area (Å²) < 4.78 is 5.42. The van der Waals surface area contributed by atoms with Gasteiger partial charge in [-0.1, -0.05) is 29.8 Å². The predicted molar refractivity (Wildman–Crippen MR) is 138 cm³/mol. The molecule has 192 valence electrons. The lowest BCUT2D eigenvalue weighted by molar-refractivity contribution is -0.141. The highest BCUT2D eigenvalue weighted by Crippen LogP contribution is 2.31. The zero-order valence-electron chi connectivity index (χ0n) is 21.1. The highest BCUT2D eigenvalue weighted by molar-refractivity contribution is 5.87. The van der Waals surface area contributed by atoms with Crippen molar-refractivity contribution in [2.75, 3.05) is 77.0 Å². The van der Waals surface area contributed by atoms with Gasteiger partial charge in [0.25, 0.3) is 0 Å². The molecule has 0 unspecified atom stereocenters. The van der Waals surface area contributed by atoms with E-state index in [-0.39, 0.29) is 24.3 Å². The molecule has 9 nitrogen and oxygen atoms in total. The van der Waals surface area contributed by atoms with E-state index in [1.165, 1.54) is 5.56 Å². The number of nitrogens with zero attached hydrogens (tertiary/aromatic N) is 6. The first-order chi connectivity index (χ1) is 17.6. The number of aryl methyl sites for hydroxylation is 1. The number of morpholine rings is 1. The van der Waals surface area contributed by atoms with Crippen LogP contribution in [0.3, 0.4) is 0 Å². The molecular weight excluding hydrogens is 456 g/mol. The van der Waals surface area contributed by atoms with Gasteiger partial charge < -0.3 is 19.4 Å². The van der Waals surface area contributed by atoms with E-state index in [1.807, 2.05) is 17.0 Å². The number of rotatable bonds is 8. The average molecular weight is 493 g/mol. The van der Waals surface area contributed by atoms with Gasteiger partial charge in [0, 0.05) is 63.8 Å². The summed E-state index contributed by atoms with van der Waals surface area (Å²) in [6.07, 6.45) is 1.90. The molecular formula is C27H36N6O3. The van der Waals surface area contributed by atoms with Crippen molar-refractivity contribution in [3.05, 3.63) is 42.0 Å². The van der Waals surface area contributed by atoms with Crippen molar-refractivity contribution in [1.82, 2.24) is 24.9 Å². The Morgan fingerprint density at radius 1 is 0.944 bits per heavy atom. The van der Waals surface area contributed by atoms with E-state index in [2.05, 4.69) is 51.2 Å². The lowest BCUT2D eigenvalue weighted by atomic mass is 10.1. The zero-order chi connectivity index (χ0) is 24.9.